The predicted octanol–water partition coefficient (Wildman–Crippen LogP) is 3.95. The van der Waals surface area contributed by atoms with Gasteiger partial charge < -0.3 is 9.41 Å². The van der Waals surface area contributed by atoms with Gasteiger partial charge in [-0.25, -0.2) is 9.97 Å². The number of fused-ring (bicyclic) bond motifs is 1. The first-order valence-electron chi connectivity index (χ1n) is 6.82. The molecule has 0 amide bonds. The zero-order valence-electron chi connectivity index (χ0n) is 12.6. The van der Waals surface area contributed by atoms with Crippen molar-refractivity contribution in [3.05, 3.63) is 40.7 Å². The van der Waals surface area contributed by atoms with Crippen molar-refractivity contribution in [1.29, 1.82) is 0 Å². The Morgan fingerprint density at radius 2 is 2.05 bits per heavy atom. The molecule has 3 aromatic heterocycles. The molecule has 112 valence electrons. The highest BCUT2D eigenvalue weighted by Crippen LogP contribution is 2.29. The van der Waals surface area contributed by atoms with Crippen LogP contribution in [0.5, 0.6) is 0 Å². The van der Waals surface area contributed by atoms with Gasteiger partial charge >= 0.3 is 0 Å². The van der Waals surface area contributed by atoms with E-state index in [1.54, 1.807) is 10.8 Å². The van der Waals surface area contributed by atoms with Crippen molar-refractivity contribution in [2.75, 3.05) is 0 Å². The minimum Gasteiger partial charge on any atom is -0.360 e. The van der Waals surface area contributed by atoms with Gasteiger partial charge in [0.15, 0.2) is 0 Å². The van der Waals surface area contributed by atoms with Crippen molar-refractivity contribution >= 4 is 27.4 Å². The number of imidazole rings is 2. The summed E-state index contributed by atoms with van der Waals surface area (Å²) >= 11 is 3.49. The fraction of sp³-hybridized carbons (Fsp3) is 0.333. The van der Waals surface area contributed by atoms with Crippen molar-refractivity contribution < 1.29 is 0 Å². The first-order chi connectivity index (χ1) is 10.4. The maximum atomic E-state index is 7.19. The number of nitrogens with zero attached hydrogens (tertiary/aromatic N) is 6. The highest BCUT2D eigenvalue weighted by Gasteiger charge is 2.19. The van der Waals surface area contributed by atoms with Crippen LogP contribution in [0, 0.1) is 12.0 Å². The number of hydrogen-bond donors (Lipinski definition) is 0. The molecule has 0 spiro atoms. The van der Waals surface area contributed by atoms with Crippen molar-refractivity contribution in [2.45, 2.75) is 27.3 Å². The lowest BCUT2D eigenvalue weighted by atomic mass is 9.97. The highest BCUT2D eigenvalue weighted by molar-refractivity contribution is 9.10. The molecule has 0 aliphatic carbocycles. The summed E-state index contributed by atoms with van der Waals surface area (Å²) in [6.45, 7) is 14.5. The maximum absolute atomic E-state index is 7.19. The standard InChI is InChI=1S/C15H15BrN6/c1-15(2,3)8-21-9-19-14(16)13(21)10-5-6-11-18-7-12(17-4)22(11)20-10/h5-7,9H,8H2,1-3H3. The van der Waals surface area contributed by atoms with Crippen LogP contribution in [-0.4, -0.2) is 24.1 Å². The molecule has 0 bridgehead atoms. The molecule has 7 heteroatoms. The van der Waals surface area contributed by atoms with E-state index in [2.05, 4.69) is 61.2 Å². The number of aromatic nitrogens is 5. The second-order valence-corrected chi connectivity index (χ2v) is 7.04. The normalized spacial score (nSPS) is 11.8. The highest BCUT2D eigenvalue weighted by atomic mass is 79.9. The monoisotopic (exact) mass is 358 g/mol. The summed E-state index contributed by atoms with van der Waals surface area (Å²) in [6.07, 6.45) is 3.33. The van der Waals surface area contributed by atoms with Crippen LogP contribution in [0.1, 0.15) is 20.8 Å². The van der Waals surface area contributed by atoms with Gasteiger partial charge in [-0.2, -0.15) is 0 Å². The molecule has 0 atom stereocenters. The summed E-state index contributed by atoms with van der Waals surface area (Å²) in [5.41, 5.74) is 2.44. The van der Waals surface area contributed by atoms with E-state index in [0.29, 0.717) is 11.5 Å². The third-order valence-electron chi connectivity index (χ3n) is 3.14. The lowest BCUT2D eigenvalue weighted by Crippen LogP contribution is -2.16. The molecular formula is C15H15BrN6. The maximum Gasteiger partial charge on any atom is 0.275 e. The molecule has 0 saturated carbocycles. The number of halogens is 1. The second-order valence-electron chi connectivity index (χ2n) is 6.29. The van der Waals surface area contributed by atoms with Crippen LogP contribution in [-0.2, 0) is 6.54 Å². The molecule has 6 nitrogen and oxygen atoms in total. The van der Waals surface area contributed by atoms with E-state index in [9.17, 15) is 0 Å². The Bertz CT molecular complexity index is 878. The number of hydrogen-bond acceptors (Lipinski definition) is 3. The van der Waals surface area contributed by atoms with Crippen LogP contribution in [0.25, 0.3) is 21.9 Å². The fourth-order valence-corrected chi connectivity index (χ4v) is 2.83. The molecule has 0 N–H and O–H groups in total. The summed E-state index contributed by atoms with van der Waals surface area (Å²) in [5.74, 6) is 0.398. The van der Waals surface area contributed by atoms with E-state index in [4.69, 9.17) is 6.57 Å². The van der Waals surface area contributed by atoms with E-state index in [1.165, 1.54) is 6.20 Å². The molecule has 0 radical (unpaired) electrons. The molecule has 0 aromatic carbocycles. The van der Waals surface area contributed by atoms with Crippen molar-refractivity contribution in [1.82, 2.24) is 24.1 Å². The quantitative estimate of drug-likeness (QED) is 0.651. The van der Waals surface area contributed by atoms with Crippen molar-refractivity contribution in [2.24, 2.45) is 5.41 Å². The van der Waals surface area contributed by atoms with Gasteiger partial charge in [-0.15, -0.1) is 4.52 Å². The molecule has 0 aliphatic rings. The third kappa shape index (κ3) is 2.62. The second kappa shape index (κ2) is 5.21. The summed E-state index contributed by atoms with van der Waals surface area (Å²) in [7, 11) is 0. The summed E-state index contributed by atoms with van der Waals surface area (Å²) < 4.78 is 4.38. The average Bonchev–Trinajstić information content (AvgIpc) is 3.00. The van der Waals surface area contributed by atoms with E-state index in [0.717, 1.165) is 22.5 Å². The Kier molecular flexibility index (Phi) is 3.49. The third-order valence-corrected chi connectivity index (χ3v) is 3.72. The van der Waals surface area contributed by atoms with Crippen LogP contribution in [0.4, 0.5) is 5.82 Å². The lowest BCUT2D eigenvalue weighted by Gasteiger charge is -2.20. The molecule has 0 aliphatic heterocycles. The molecular weight excluding hydrogens is 344 g/mol. The molecule has 22 heavy (non-hydrogen) atoms. The van der Waals surface area contributed by atoms with Gasteiger partial charge in [0.2, 0.25) is 5.65 Å². The van der Waals surface area contributed by atoms with Gasteiger partial charge in [0.25, 0.3) is 5.82 Å². The van der Waals surface area contributed by atoms with E-state index in [1.807, 2.05) is 12.1 Å². The van der Waals surface area contributed by atoms with Gasteiger partial charge in [0.1, 0.15) is 16.0 Å². The molecule has 0 saturated heterocycles. The summed E-state index contributed by atoms with van der Waals surface area (Å²) in [5, 5.41) is 4.55. The van der Waals surface area contributed by atoms with Gasteiger partial charge in [0, 0.05) is 12.6 Å². The van der Waals surface area contributed by atoms with Crippen LogP contribution >= 0.6 is 15.9 Å². The Hall–Kier alpha value is -2.20. The Balaban J connectivity index is 2.15. The number of rotatable bonds is 2. The topological polar surface area (TPSA) is 52.4 Å². The first kappa shape index (κ1) is 14.7. The summed E-state index contributed by atoms with van der Waals surface area (Å²) in [6, 6.07) is 3.76. The SMILES string of the molecule is [C-]#[N+]c1cnc2ccc(-c3c(Br)ncn3CC(C)(C)C)nn12. The fourth-order valence-electron chi connectivity index (χ4n) is 2.31. The Labute approximate surface area is 136 Å². The van der Waals surface area contributed by atoms with E-state index in [-0.39, 0.29) is 5.41 Å². The molecule has 3 rings (SSSR count). The predicted molar refractivity (Wildman–Crippen MR) is 87.6 cm³/mol. The Morgan fingerprint density at radius 3 is 2.73 bits per heavy atom. The first-order valence-corrected chi connectivity index (χ1v) is 7.61. The minimum atomic E-state index is 0.121. The van der Waals surface area contributed by atoms with Gasteiger partial charge in [-0.3, -0.25) is 0 Å². The lowest BCUT2D eigenvalue weighted by molar-refractivity contribution is 0.345. The van der Waals surface area contributed by atoms with E-state index < -0.39 is 0 Å². The van der Waals surface area contributed by atoms with Gasteiger partial charge in [-0.05, 0) is 27.4 Å². The van der Waals surface area contributed by atoms with E-state index >= 15 is 0 Å². The largest absolute Gasteiger partial charge is 0.360 e. The van der Waals surface area contributed by atoms with Crippen LogP contribution < -0.4 is 0 Å². The molecule has 3 aromatic rings. The summed E-state index contributed by atoms with van der Waals surface area (Å²) in [4.78, 5) is 11.9. The van der Waals surface area contributed by atoms with Crippen molar-refractivity contribution in [3.63, 3.8) is 0 Å². The van der Waals surface area contributed by atoms with Gasteiger partial charge in [-0.1, -0.05) is 32.4 Å². The van der Waals surface area contributed by atoms with Crippen LogP contribution in [0.2, 0.25) is 0 Å². The zero-order valence-corrected chi connectivity index (χ0v) is 14.2. The molecule has 0 fully saturated rings. The minimum absolute atomic E-state index is 0.121. The smallest absolute Gasteiger partial charge is 0.275 e. The molecule has 0 unspecified atom stereocenters. The van der Waals surface area contributed by atoms with Crippen molar-refractivity contribution in [3.8, 4) is 11.4 Å². The van der Waals surface area contributed by atoms with Crippen LogP contribution in [0.3, 0.4) is 0 Å². The Morgan fingerprint density at radius 1 is 1.27 bits per heavy atom. The zero-order chi connectivity index (χ0) is 15.9. The average molecular weight is 359 g/mol. The van der Waals surface area contributed by atoms with Crippen LogP contribution in [0.15, 0.2) is 29.3 Å². The van der Waals surface area contributed by atoms with Gasteiger partial charge in [0.05, 0.1) is 12.5 Å². The molecule has 3 heterocycles.